The molecule has 118 valence electrons. The molecule has 1 heterocycles. The third kappa shape index (κ3) is 4.33. The predicted octanol–water partition coefficient (Wildman–Crippen LogP) is 2.02. The average Bonchev–Trinajstić information content (AvgIpc) is 2.89. The second-order valence-electron chi connectivity index (χ2n) is 4.64. The zero-order chi connectivity index (χ0) is 16.2. The molecule has 0 radical (unpaired) electrons. The number of nitrogens with one attached hydrogen (secondary N) is 1. The second kappa shape index (κ2) is 6.95. The van der Waals surface area contributed by atoms with Crippen molar-refractivity contribution in [3.8, 4) is 0 Å². The lowest BCUT2D eigenvalue weighted by atomic mass is 10.1. The van der Waals surface area contributed by atoms with Gasteiger partial charge in [-0.15, -0.1) is 11.3 Å². The topological polar surface area (TPSA) is 102 Å². The van der Waals surface area contributed by atoms with Gasteiger partial charge in [-0.3, -0.25) is 10.1 Å². The SMILES string of the molecule is Cc1ncsc1CNS(=O)(=O)CCc1ccccc1[N+](=O)[O-]. The second-order valence-corrected chi connectivity index (χ2v) is 7.50. The molecule has 0 saturated carbocycles. The fraction of sp³-hybridized carbons (Fsp3) is 0.308. The maximum Gasteiger partial charge on any atom is 0.272 e. The quantitative estimate of drug-likeness (QED) is 0.613. The molecule has 0 unspecified atom stereocenters. The van der Waals surface area contributed by atoms with Gasteiger partial charge in [0.1, 0.15) is 0 Å². The summed E-state index contributed by atoms with van der Waals surface area (Å²) in [6, 6.07) is 6.15. The van der Waals surface area contributed by atoms with Gasteiger partial charge in [-0.1, -0.05) is 18.2 Å². The van der Waals surface area contributed by atoms with Crippen LogP contribution in [0.4, 0.5) is 5.69 Å². The van der Waals surface area contributed by atoms with E-state index in [4.69, 9.17) is 0 Å². The molecule has 0 fully saturated rings. The van der Waals surface area contributed by atoms with Crippen molar-refractivity contribution in [3.63, 3.8) is 0 Å². The molecule has 0 aliphatic rings. The molecule has 0 atom stereocenters. The molecule has 0 aliphatic carbocycles. The number of aryl methyl sites for hydroxylation is 2. The van der Waals surface area contributed by atoms with Gasteiger partial charge in [0.25, 0.3) is 5.69 Å². The van der Waals surface area contributed by atoms with Crippen LogP contribution in [-0.2, 0) is 23.0 Å². The monoisotopic (exact) mass is 341 g/mol. The lowest BCUT2D eigenvalue weighted by Gasteiger charge is -2.06. The van der Waals surface area contributed by atoms with Crippen molar-refractivity contribution in [1.29, 1.82) is 0 Å². The Morgan fingerprint density at radius 3 is 2.73 bits per heavy atom. The minimum absolute atomic E-state index is 0.0593. The van der Waals surface area contributed by atoms with Crippen LogP contribution in [0.5, 0.6) is 0 Å². The van der Waals surface area contributed by atoms with E-state index in [0.717, 1.165) is 10.6 Å². The van der Waals surface area contributed by atoms with E-state index in [9.17, 15) is 18.5 Å². The van der Waals surface area contributed by atoms with E-state index in [1.54, 1.807) is 23.7 Å². The first-order valence-electron chi connectivity index (χ1n) is 6.47. The van der Waals surface area contributed by atoms with E-state index in [1.807, 2.05) is 6.92 Å². The molecular formula is C13H15N3O4S2. The highest BCUT2D eigenvalue weighted by Gasteiger charge is 2.17. The van der Waals surface area contributed by atoms with E-state index < -0.39 is 14.9 Å². The van der Waals surface area contributed by atoms with Gasteiger partial charge in [0.15, 0.2) is 0 Å². The summed E-state index contributed by atoms with van der Waals surface area (Å²) in [5.41, 5.74) is 2.81. The fourth-order valence-corrected chi connectivity index (χ4v) is 3.69. The zero-order valence-electron chi connectivity index (χ0n) is 11.9. The summed E-state index contributed by atoms with van der Waals surface area (Å²) in [7, 11) is -3.51. The lowest BCUT2D eigenvalue weighted by molar-refractivity contribution is -0.385. The van der Waals surface area contributed by atoms with Crippen LogP contribution < -0.4 is 4.72 Å². The first kappa shape index (κ1) is 16.5. The summed E-state index contributed by atoms with van der Waals surface area (Å²) in [5, 5.41) is 10.9. The summed E-state index contributed by atoms with van der Waals surface area (Å²) in [5.74, 6) is -0.199. The molecule has 7 nitrogen and oxygen atoms in total. The Morgan fingerprint density at radius 2 is 2.09 bits per heavy atom. The number of nitro groups is 1. The lowest BCUT2D eigenvalue weighted by Crippen LogP contribution is -2.26. The molecule has 1 aromatic carbocycles. The van der Waals surface area contributed by atoms with Gasteiger partial charge < -0.3 is 0 Å². The van der Waals surface area contributed by atoms with Crippen molar-refractivity contribution in [2.75, 3.05) is 5.75 Å². The number of thiazole rings is 1. The van der Waals surface area contributed by atoms with E-state index in [0.29, 0.717) is 5.56 Å². The van der Waals surface area contributed by atoms with Gasteiger partial charge in [-0.2, -0.15) is 0 Å². The van der Waals surface area contributed by atoms with Crippen molar-refractivity contribution in [2.45, 2.75) is 19.9 Å². The number of hydrogen-bond donors (Lipinski definition) is 1. The molecule has 22 heavy (non-hydrogen) atoms. The number of benzene rings is 1. The number of para-hydroxylation sites is 1. The molecule has 2 rings (SSSR count). The Kier molecular flexibility index (Phi) is 5.22. The van der Waals surface area contributed by atoms with Gasteiger partial charge in [0.05, 0.1) is 21.9 Å². The van der Waals surface area contributed by atoms with E-state index in [2.05, 4.69) is 9.71 Å². The maximum absolute atomic E-state index is 12.0. The molecule has 0 aliphatic heterocycles. The van der Waals surface area contributed by atoms with Crippen LogP contribution in [0.1, 0.15) is 16.1 Å². The number of sulfonamides is 1. The third-order valence-corrected chi connectivity index (χ3v) is 5.39. The Bertz CT molecular complexity index is 771. The Balaban J connectivity index is 1.98. The first-order chi connectivity index (χ1) is 10.4. The minimum Gasteiger partial charge on any atom is -0.258 e. The van der Waals surface area contributed by atoms with Crippen LogP contribution in [0.25, 0.3) is 0 Å². The van der Waals surface area contributed by atoms with Crippen LogP contribution in [0, 0.1) is 17.0 Å². The summed E-state index contributed by atoms with van der Waals surface area (Å²) in [6.45, 7) is 2.00. The van der Waals surface area contributed by atoms with Crippen LogP contribution in [0.2, 0.25) is 0 Å². The summed E-state index contributed by atoms with van der Waals surface area (Å²) in [6.07, 6.45) is 0.0914. The molecular weight excluding hydrogens is 326 g/mol. The van der Waals surface area contributed by atoms with Gasteiger partial charge in [0.2, 0.25) is 10.0 Å². The van der Waals surface area contributed by atoms with Gasteiger partial charge in [0, 0.05) is 23.1 Å². The van der Waals surface area contributed by atoms with E-state index >= 15 is 0 Å². The smallest absolute Gasteiger partial charge is 0.258 e. The predicted molar refractivity (Wildman–Crippen MR) is 84.3 cm³/mol. The molecule has 0 bridgehead atoms. The van der Waals surface area contributed by atoms with Crippen molar-refractivity contribution >= 4 is 27.0 Å². The first-order valence-corrected chi connectivity index (χ1v) is 9.01. The van der Waals surface area contributed by atoms with Crippen LogP contribution >= 0.6 is 11.3 Å². The number of nitro benzene ring substituents is 1. The van der Waals surface area contributed by atoms with Crippen molar-refractivity contribution in [2.24, 2.45) is 0 Å². The van der Waals surface area contributed by atoms with Crippen LogP contribution in [0.15, 0.2) is 29.8 Å². The highest BCUT2D eigenvalue weighted by molar-refractivity contribution is 7.89. The molecule has 1 N–H and O–H groups in total. The largest absolute Gasteiger partial charge is 0.272 e. The molecule has 0 spiro atoms. The number of hydrogen-bond acceptors (Lipinski definition) is 6. The summed E-state index contributed by atoms with van der Waals surface area (Å²) in [4.78, 5) is 15.3. The fourth-order valence-electron chi connectivity index (χ4n) is 1.89. The van der Waals surface area contributed by atoms with Gasteiger partial charge in [-0.05, 0) is 13.3 Å². The van der Waals surface area contributed by atoms with Crippen LogP contribution in [-0.4, -0.2) is 24.1 Å². The van der Waals surface area contributed by atoms with Gasteiger partial charge in [-0.25, -0.2) is 18.1 Å². The molecule has 1 aromatic heterocycles. The van der Waals surface area contributed by atoms with Gasteiger partial charge >= 0.3 is 0 Å². The molecule has 9 heteroatoms. The zero-order valence-corrected chi connectivity index (χ0v) is 13.5. The third-order valence-electron chi connectivity index (χ3n) is 3.13. The average molecular weight is 341 g/mol. The normalized spacial score (nSPS) is 11.5. The van der Waals surface area contributed by atoms with E-state index in [1.165, 1.54) is 17.4 Å². The highest BCUT2D eigenvalue weighted by Crippen LogP contribution is 2.18. The number of aromatic nitrogens is 1. The Labute approximate surface area is 132 Å². The molecule has 0 amide bonds. The molecule has 0 saturated heterocycles. The Hall–Kier alpha value is -1.84. The van der Waals surface area contributed by atoms with Crippen LogP contribution in [0.3, 0.4) is 0 Å². The number of rotatable bonds is 7. The van der Waals surface area contributed by atoms with E-state index in [-0.39, 0.29) is 24.4 Å². The van der Waals surface area contributed by atoms with Crippen molar-refractivity contribution in [1.82, 2.24) is 9.71 Å². The van der Waals surface area contributed by atoms with Crippen molar-refractivity contribution < 1.29 is 13.3 Å². The number of nitrogens with zero attached hydrogens (tertiary/aromatic N) is 2. The maximum atomic E-state index is 12.0. The standard InChI is InChI=1S/C13H15N3O4S2/c1-10-13(21-9-14-10)8-15-22(19,20)7-6-11-4-2-3-5-12(11)16(17)18/h2-5,9,15H,6-8H2,1H3. The summed E-state index contributed by atoms with van der Waals surface area (Å²) < 4.78 is 26.5. The summed E-state index contributed by atoms with van der Waals surface area (Å²) >= 11 is 1.38. The van der Waals surface area contributed by atoms with Crippen molar-refractivity contribution in [3.05, 3.63) is 56.0 Å². The Morgan fingerprint density at radius 1 is 1.36 bits per heavy atom. The minimum atomic E-state index is -3.51. The molecule has 2 aromatic rings. The highest BCUT2D eigenvalue weighted by atomic mass is 32.2.